The number of benzene rings is 1. The van der Waals surface area contributed by atoms with Crippen molar-refractivity contribution in [2.24, 2.45) is 12.9 Å². The van der Waals surface area contributed by atoms with Crippen LogP contribution in [-0.4, -0.2) is 16.4 Å². The summed E-state index contributed by atoms with van der Waals surface area (Å²) in [5, 5.41) is 4.25. The molecule has 6 heteroatoms. The number of aryl methyl sites for hydroxylation is 1. The Bertz CT molecular complexity index is 579. The second-order valence-corrected chi connectivity index (χ2v) is 5.46. The summed E-state index contributed by atoms with van der Waals surface area (Å²) in [4.78, 5) is 0. The molecule has 2 aromatic rings. The van der Waals surface area contributed by atoms with Crippen LogP contribution >= 0.6 is 15.9 Å². The maximum Gasteiger partial charge on any atom is 0.122 e. The van der Waals surface area contributed by atoms with Crippen molar-refractivity contribution in [2.75, 3.05) is 6.61 Å². The smallest absolute Gasteiger partial charge is 0.122 e. The molecule has 0 saturated heterocycles. The largest absolute Gasteiger partial charge is 0.493 e. The van der Waals surface area contributed by atoms with Crippen LogP contribution in [0.2, 0.25) is 0 Å². The maximum absolute atomic E-state index is 5.77. The normalized spacial score (nSPS) is 19.0. The first-order valence-electron chi connectivity index (χ1n) is 6.07. The molecule has 3 N–H and O–H groups in total. The molecule has 0 fully saturated rings. The fraction of sp³-hybridized carbons (Fsp3) is 0.308. The van der Waals surface area contributed by atoms with Crippen LogP contribution in [0.15, 0.2) is 34.9 Å². The Morgan fingerprint density at radius 1 is 1.53 bits per heavy atom. The highest BCUT2D eigenvalue weighted by Gasteiger charge is 2.34. The lowest BCUT2D eigenvalue weighted by Crippen LogP contribution is -2.34. The van der Waals surface area contributed by atoms with Crippen LogP contribution in [0.4, 0.5) is 0 Å². The molecule has 1 aromatic heterocycles. The number of hydrogen-bond donors (Lipinski definition) is 2. The van der Waals surface area contributed by atoms with Gasteiger partial charge in [0.15, 0.2) is 0 Å². The molecule has 100 valence electrons. The van der Waals surface area contributed by atoms with E-state index in [4.69, 9.17) is 10.6 Å². The van der Waals surface area contributed by atoms with Crippen molar-refractivity contribution >= 4 is 15.9 Å². The Kier molecular flexibility index (Phi) is 3.30. The van der Waals surface area contributed by atoms with Gasteiger partial charge in [-0.05, 0) is 22.0 Å². The summed E-state index contributed by atoms with van der Waals surface area (Å²) in [5.41, 5.74) is 5.10. The van der Waals surface area contributed by atoms with Crippen LogP contribution in [0.1, 0.15) is 23.2 Å². The number of nitrogens with two attached hydrogens (primary N) is 1. The molecule has 1 aromatic carbocycles. The van der Waals surface area contributed by atoms with Gasteiger partial charge in [-0.3, -0.25) is 16.0 Å². The van der Waals surface area contributed by atoms with Crippen LogP contribution in [0.5, 0.6) is 5.75 Å². The third-order valence-electron chi connectivity index (χ3n) is 3.55. The van der Waals surface area contributed by atoms with Gasteiger partial charge in [0.05, 0.1) is 29.0 Å². The number of para-hydroxylation sites is 1. The highest BCUT2D eigenvalue weighted by Crippen LogP contribution is 2.42. The van der Waals surface area contributed by atoms with Gasteiger partial charge in [-0.2, -0.15) is 5.10 Å². The summed E-state index contributed by atoms with van der Waals surface area (Å²) >= 11 is 3.53. The van der Waals surface area contributed by atoms with E-state index in [0.717, 1.165) is 15.9 Å². The minimum Gasteiger partial charge on any atom is -0.493 e. The Morgan fingerprint density at radius 3 is 3.00 bits per heavy atom. The second-order valence-electron chi connectivity index (χ2n) is 4.60. The lowest BCUT2D eigenvalue weighted by Gasteiger charge is -2.22. The van der Waals surface area contributed by atoms with Gasteiger partial charge in [0.1, 0.15) is 5.75 Å². The third-order valence-corrected chi connectivity index (χ3v) is 4.16. The van der Waals surface area contributed by atoms with Crippen LogP contribution in [0.3, 0.4) is 0 Å². The molecule has 5 nitrogen and oxygen atoms in total. The van der Waals surface area contributed by atoms with Gasteiger partial charge in [0, 0.05) is 18.5 Å². The van der Waals surface area contributed by atoms with E-state index >= 15 is 0 Å². The number of nitrogens with one attached hydrogen (secondary N) is 1. The van der Waals surface area contributed by atoms with E-state index < -0.39 is 0 Å². The van der Waals surface area contributed by atoms with Gasteiger partial charge < -0.3 is 4.74 Å². The predicted molar refractivity (Wildman–Crippen MR) is 75.7 cm³/mol. The molecule has 0 spiro atoms. The molecule has 3 rings (SSSR count). The van der Waals surface area contributed by atoms with E-state index in [0.29, 0.717) is 6.61 Å². The highest BCUT2D eigenvalue weighted by atomic mass is 79.9. The molecule has 0 bridgehead atoms. The van der Waals surface area contributed by atoms with Crippen LogP contribution in [0, 0.1) is 0 Å². The lowest BCUT2D eigenvalue weighted by atomic mass is 9.91. The number of nitrogens with zero attached hydrogens (tertiary/aromatic N) is 2. The topological polar surface area (TPSA) is 65.1 Å². The minimum atomic E-state index is -0.0504. The van der Waals surface area contributed by atoms with Crippen molar-refractivity contribution in [1.82, 2.24) is 15.2 Å². The number of halogens is 1. The van der Waals surface area contributed by atoms with Crippen molar-refractivity contribution in [3.63, 3.8) is 0 Å². The highest BCUT2D eigenvalue weighted by molar-refractivity contribution is 9.10. The Hall–Kier alpha value is -1.37. The summed E-state index contributed by atoms with van der Waals surface area (Å²) in [6, 6.07) is 8.02. The van der Waals surface area contributed by atoms with Crippen LogP contribution < -0.4 is 16.0 Å². The zero-order chi connectivity index (χ0) is 13.4. The van der Waals surface area contributed by atoms with E-state index in [1.54, 1.807) is 6.20 Å². The zero-order valence-corrected chi connectivity index (χ0v) is 12.1. The first kappa shape index (κ1) is 12.7. The van der Waals surface area contributed by atoms with E-state index in [1.807, 2.05) is 29.9 Å². The van der Waals surface area contributed by atoms with Crippen molar-refractivity contribution in [3.8, 4) is 5.75 Å². The van der Waals surface area contributed by atoms with Crippen molar-refractivity contribution < 1.29 is 4.74 Å². The molecule has 1 aliphatic rings. The number of fused-ring (bicyclic) bond motifs is 1. The molecule has 2 atom stereocenters. The molecule has 19 heavy (non-hydrogen) atoms. The van der Waals surface area contributed by atoms with Gasteiger partial charge in [-0.1, -0.05) is 18.2 Å². The third kappa shape index (κ3) is 2.05. The van der Waals surface area contributed by atoms with Gasteiger partial charge >= 0.3 is 0 Å². The van der Waals surface area contributed by atoms with Crippen molar-refractivity contribution in [2.45, 2.75) is 12.0 Å². The predicted octanol–water partition coefficient (Wildman–Crippen LogP) is 1.86. The van der Waals surface area contributed by atoms with Gasteiger partial charge in [0.2, 0.25) is 0 Å². The summed E-state index contributed by atoms with van der Waals surface area (Å²) < 4.78 is 8.51. The van der Waals surface area contributed by atoms with E-state index in [-0.39, 0.29) is 12.0 Å². The Balaban J connectivity index is 2.01. The SMILES string of the molecule is Cn1ncc(Br)c1C(NN)C1COc2ccccc21. The van der Waals surface area contributed by atoms with Gasteiger partial charge in [0.25, 0.3) is 0 Å². The molecule has 0 amide bonds. The molecule has 2 unspecified atom stereocenters. The molecule has 0 saturated carbocycles. The Morgan fingerprint density at radius 2 is 2.32 bits per heavy atom. The Labute approximate surface area is 119 Å². The van der Waals surface area contributed by atoms with Crippen LogP contribution in [0.25, 0.3) is 0 Å². The first-order chi connectivity index (χ1) is 9.22. The number of hydrazine groups is 1. The number of aromatic nitrogens is 2. The fourth-order valence-corrected chi connectivity index (χ4v) is 3.21. The second kappa shape index (κ2) is 4.96. The minimum absolute atomic E-state index is 0.0504. The van der Waals surface area contributed by atoms with E-state index in [1.165, 1.54) is 5.56 Å². The standard InChI is InChI=1S/C13H15BrN4O/c1-18-13(10(14)6-16-18)12(17-15)9-7-19-11-5-3-2-4-8(9)11/h2-6,9,12,17H,7,15H2,1H3. The van der Waals surface area contributed by atoms with Crippen LogP contribution in [-0.2, 0) is 7.05 Å². The average molecular weight is 323 g/mol. The monoisotopic (exact) mass is 322 g/mol. The van der Waals surface area contributed by atoms with E-state index in [9.17, 15) is 0 Å². The molecule has 2 heterocycles. The molecule has 1 aliphatic heterocycles. The number of rotatable bonds is 3. The number of ether oxygens (including phenoxy) is 1. The zero-order valence-electron chi connectivity index (χ0n) is 10.5. The lowest BCUT2D eigenvalue weighted by molar-refractivity contribution is 0.295. The maximum atomic E-state index is 5.77. The molecule has 0 aliphatic carbocycles. The van der Waals surface area contributed by atoms with Crippen molar-refractivity contribution in [1.29, 1.82) is 0 Å². The van der Waals surface area contributed by atoms with Crippen molar-refractivity contribution in [3.05, 3.63) is 46.2 Å². The summed E-state index contributed by atoms with van der Waals surface area (Å²) in [6.07, 6.45) is 1.78. The summed E-state index contributed by atoms with van der Waals surface area (Å²) in [5.74, 6) is 6.88. The van der Waals surface area contributed by atoms with Gasteiger partial charge in [-0.15, -0.1) is 0 Å². The number of hydrogen-bond acceptors (Lipinski definition) is 4. The summed E-state index contributed by atoms with van der Waals surface area (Å²) in [7, 11) is 1.91. The fourth-order valence-electron chi connectivity index (χ4n) is 2.62. The van der Waals surface area contributed by atoms with Gasteiger partial charge in [-0.25, -0.2) is 0 Å². The summed E-state index contributed by atoms with van der Waals surface area (Å²) in [6.45, 7) is 0.617. The average Bonchev–Trinajstić information content (AvgIpc) is 2.98. The molecular formula is C13H15BrN4O. The van der Waals surface area contributed by atoms with E-state index in [2.05, 4.69) is 32.5 Å². The molecular weight excluding hydrogens is 308 g/mol. The quantitative estimate of drug-likeness (QED) is 0.668. The molecule has 0 radical (unpaired) electrons. The first-order valence-corrected chi connectivity index (χ1v) is 6.87.